The summed E-state index contributed by atoms with van der Waals surface area (Å²) in [6.07, 6.45) is 1.78. The van der Waals surface area contributed by atoms with E-state index in [0.29, 0.717) is 19.8 Å². The summed E-state index contributed by atoms with van der Waals surface area (Å²) >= 11 is 1.60. The fraction of sp³-hybridized carbons (Fsp3) is 0.667. The summed E-state index contributed by atoms with van der Waals surface area (Å²) in [5, 5.41) is 5.93. The van der Waals surface area contributed by atoms with Crippen molar-refractivity contribution < 1.29 is 9.53 Å². The molecule has 3 atom stereocenters. The third-order valence-electron chi connectivity index (χ3n) is 3.48. The topological polar surface area (TPSA) is 77.2 Å². The molecule has 1 aromatic rings. The van der Waals surface area contributed by atoms with Gasteiger partial charge >= 0.3 is 0 Å². The van der Waals surface area contributed by atoms with Crippen LogP contribution in [-0.4, -0.2) is 36.7 Å². The number of ether oxygens (including phenoxy) is 1. The highest BCUT2D eigenvalue weighted by molar-refractivity contribution is 7.09. The summed E-state index contributed by atoms with van der Waals surface area (Å²) in [6.45, 7) is 5.33. The largest absolute Gasteiger partial charge is 0.379 e. The Labute approximate surface area is 111 Å². The Morgan fingerprint density at radius 3 is 3.17 bits per heavy atom. The first-order chi connectivity index (χ1) is 8.54. The van der Waals surface area contributed by atoms with Gasteiger partial charge in [0.25, 0.3) is 0 Å². The Morgan fingerprint density at radius 2 is 2.61 bits per heavy atom. The Morgan fingerprint density at radius 1 is 1.83 bits per heavy atom. The van der Waals surface area contributed by atoms with Crippen LogP contribution in [0.1, 0.15) is 24.8 Å². The molecule has 1 aromatic heterocycles. The van der Waals surface area contributed by atoms with Gasteiger partial charge in [-0.15, -0.1) is 11.3 Å². The second-order valence-corrected chi connectivity index (χ2v) is 5.95. The molecule has 1 aliphatic rings. The Hall–Kier alpha value is -0.980. The smallest absolute Gasteiger partial charge is 0.229 e. The van der Waals surface area contributed by atoms with Crippen molar-refractivity contribution in [3.05, 3.63) is 16.6 Å². The molecule has 0 aliphatic carbocycles. The molecule has 1 saturated heterocycles. The van der Waals surface area contributed by atoms with Crippen LogP contribution in [0.4, 0.5) is 0 Å². The average molecular weight is 269 g/mol. The maximum atomic E-state index is 12.2. The highest BCUT2D eigenvalue weighted by Gasteiger charge is 2.44. The first-order valence-electron chi connectivity index (χ1n) is 6.05. The first-order valence-corrected chi connectivity index (χ1v) is 6.93. The number of nitrogens with zero attached hydrogens (tertiary/aromatic N) is 1. The van der Waals surface area contributed by atoms with Gasteiger partial charge in [0.15, 0.2) is 0 Å². The fourth-order valence-electron chi connectivity index (χ4n) is 1.94. The number of rotatable bonds is 4. The number of amides is 1. The zero-order valence-electron chi connectivity index (χ0n) is 10.7. The first kappa shape index (κ1) is 13.5. The number of hydrogen-bond acceptors (Lipinski definition) is 5. The van der Waals surface area contributed by atoms with Crippen LogP contribution >= 0.6 is 11.3 Å². The van der Waals surface area contributed by atoms with Gasteiger partial charge in [-0.3, -0.25) is 4.79 Å². The monoisotopic (exact) mass is 269 g/mol. The Kier molecular flexibility index (Phi) is 3.99. The molecule has 3 unspecified atom stereocenters. The third kappa shape index (κ3) is 2.55. The molecule has 0 aromatic carbocycles. The third-order valence-corrected chi connectivity index (χ3v) is 4.49. The zero-order chi connectivity index (χ0) is 13.2. The van der Waals surface area contributed by atoms with Crippen molar-refractivity contribution in [2.75, 3.05) is 19.8 Å². The van der Waals surface area contributed by atoms with Gasteiger partial charge in [0.1, 0.15) is 0 Å². The van der Waals surface area contributed by atoms with Crippen LogP contribution in [-0.2, 0) is 9.53 Å². The second kappa shape index (κ2) is 5.34. The Bertz CT molecular complexity index is 409. The van der Waals surface area contributed by atoms with Crippen LogP contribution < -0.4 is 11.1 Å². The number of nitrogens with one attached hydrogen (secondary N) is 1. The van der Waals surface area contributed by atoms with Gasteiger partial charge in [0.2, 0.25) is 5.91 Å². The van der Waals surface area contributed by atoms with Crippen LogP contribution in [0.2, 0.25) is 0 Å². The van der Waals surface area contributed by atoms with Crippen molar-refractivity contribution >= 4 is 17.2 Å². The minimum Gasteiger partial charge on any atom is -0.379 e. The Balaban J connectivity index is 1.89. The predicted molar refractivity (Wildman–Crippen MR) is 70.4 cm³/mol. The number of thiazole rings is 1. The average Bonchev–Trinajstić information content (AvgIpc) is 2.98. The lowest BCUT2D eigenvalue weighted by Crippen LogP contribution is -2.50. The number of nitrogens with two attached hydrogens (primary N) is 1. The summed E-state index contributed by atoms with van der Waals surface area (Å²) in [4.78, 5) is 16.4. The molecule has 0 bridgehead atoms. The van der Waals surface area contributed by atoms with Crippen LogP contribution in [0.3, 0.4) is 0 Å². The highest BCUT2D eigenvalue weighted by atomic mass is 32.1. The molecule has 0 saturated carbocycles. The lowest BCUT2D eigenvalue weighted by molar-refractivity contribution is -0.130. The van der Waals surface area contributed by atoms with Crippen molar-refractivity contribution in [3.8, 4) is 0 Å². The van der Waals surface area contributed by atoms with Crippen LogP contribution in [0.25, 0.3) is 0 Å². The van der Waals surface area contributed by atoms with E-state index in [-0.39, 0.29) is 17.9 Å². The minimum absolute atomic E-state index is 0.0316. The van der Waals surface area contributed by atoms with E-state index in [0.717, 1.165) is 5.01 Å². The van der Waals surface area contributed by atoms with Gasteiger partial charge in [0.05, 0.1) is 23.6 Å². The second-order valence-electron chi connectivity index (χ2n) is 5.02. The van der Waals surface area contributed by atoms with Gasteiger partial charge < -0.3 is 15.8 Å². The van der Waals surface area contributed by atoms with Gasteiger partial charge in [-0.2, -0.15) is 0 Å². The molecule has 100 valence electrons. The molecule has 0 spiro atoms. The van der Waals surface area contributed by atoms with E-state index >= 15 is 0 Å². The lowest BCUT2D eigenvalue weighted by atomic mass is 9.85. The standard InChI is InChI=1S/C12H19N3O2S/c1-8(10-14-3-4-18-10)5-15-11(16)12(2)7-17-6-9(12)13/h3-4,8-9H,5-7,13H2,1-2H3,(H,15,16). The van der Waals surface area contributed by atoms with E-state index in [2.05, 4.69) is 10.3 Å². The molecule has 2 rings (SSSR count). The normalized spacial score (nSPS) is 29.2. The summed E-state index contributed by atoms with van der Waals surface area (Å²) in [5.74, 6) is 0.187. The van der Waals surface area contributed by atoms with Gasteiger partial charge in [0, 0.05) is 30.1 Å². The van der Waals surface area contributed by atoms with E-state index < -0.39 is 5.41 Å². The summed E-state index contributed by atoms with van der Waals surface area (Å²) in [6, 6.07) is -0.229. The lowest BCUT2D eigenvalue weighted by Gasteiger charge is -2.26. The molecular weight excluding hydrogens is 250 g/mol. The fourth-order valence-corrected chi connectivity index (χ4v) is 2.63. The molecule has 3 N–H and O–H groups in total. The zero-order valence-corrected chi connectivity index (χ0v) is 11.5. The summed E-state index contributed by atoms with van der Waals surface area (Å²) in [5.41, 5.74) is 5.31. The van der Waals surface area contributed by atoms with Gasteiger partial charge in [-0.25, -0.2) is 4.98 Å². The molecule has 1 aliphatic heterocycles. The maximum Gasteiger partial charge on any atom is 0.229 e. The molecule has 5 nitrogen and oxygen atoms in total. The molecular formula is C12H19N3O2S. The number of aromatic nitrogens is 1. The SMILES string of the molecule is CC(CNC(=O)C1(C)COCC1N)c1nccs1. The maximum absolute atomic E-state index is 12.2. The van der Waals surface area contributed by atoms with Crippen molar-refractivity contribution in [3.63, 3.8) is 0 Å². The molecule has 0 radical (unpaired) electrons. The van der Waals surface area contributed by atoms with E-state index in [4.69, 9.17) is 10.5 Å². The summed E-state index contributed by atoms with van der Waals surface area (Å²) < 4.78 is 5.28. The van der Waals surface area contributed by atoms with E-state index in [1.165, 1.54) is 0 Å². The van der Waals surface area contributed by atoms with Crippen molar-refractivity contribution in [2.24, 2.45) is 11.1 Å². The minimum atomic E-state index is -0.609. The quantitative estimate of drug-likeness (QED) is 0.844. The van der Waals surface area contributed by atoms with E-state index in [9.17, 15) is 4.79 Å². The van der Waals surface area contributed by atoms with Crippen molar-refractivity contribution in [1.29, 1.82) is 0 Å². The highest BCUT2D eigenvalue weighted by Crippen LogP contribution is 2.27. The van der Waals surface area contributed by atoms with Crippen molar-refractivity contribution in [1.82, 2.24) is 10.3 Å². The van der Waals surface area contributed by atoms with Crippen molar-refractivity contribution in [2.45, 2.75) is 25.8 Å². The molecule has 1 amide bonds. The van der Waals surface area contributed by atoms with Crippen LogP contribution in [0.5, 0.6) is 0 Å². The summed E-state index contributed by atoms with van der Waals surface area (Å²) in [7, 11) is 0. The number of carbonyl (C=O) groups excluding carboxylic acids is 1. The van der Waals surface area contributed by atoms with Crippen LogP contribution in [0.15, 0.2) is 11.6 Å². The van der Waals surface area contributed by atoms with Gasteiger partial charge in [-0.1, -0.05) is 6.92 Å². The molecule has 1 fully saturated rings. The molecule has 18 heavy (non-hydrogen) atoms. The predicted octanol–water partition coefficient (Wildman–Crippen LogP) is 0.727. The number of carbonyl (C=O) groups is 1. The molecule has 6 heteroatoms. The van der Waals surface area contributed by atoms with Gasteiger partial charge in [-0.05, 0) is 6.92 Å². The van der Waals surface area contributed by atoms with E-state index in [1.807, 2.05) is 19.2 Å². The van der Waals surface area contributed by atoms with Crippen LogP contribution in [0, 0.1) is 5.41 Å². The van der Waals surface area contributed by atoms with E-state index in [1.54, 1.807) is 17.5 Å². The molecule has 2 heterocycles. The number of hydrogen-bond donors (Lipinski definition) is 2.